The van der Waals surface area contributed by atoms with Crippen molar-refractivity contribution in [3.63, 3.8) is 0 Å². The van der Waals surface area contributed by atoms with Crippen LogP contribution in [0.4, 0.5) is 0 Å². The van der Waals surface area contributed by atoms with Gasteiger partial charge in [-0.3, -0.25) is 29.0 Å². The second-order valence-electron chi connectivity index (χ2n) is 19.8. The maximum absolute atomic E-state index is 14.3. The highest BCUT2D eigenvalue weighted by atomic mass is 16.5. The van der Waals surface area contributed by atoms with Gasteiger partial charge < -0.3 is 27.1 Å². The van der Waals surface area contributed by atoms with Crippen molar-refractivity contribution >= 4 is 78.8 Å². The van der Waals surface area contributed by atoms with E-state index in [0.717, 1.165) is 32.1 Å². The Morgan fingerprint density at radius 3 is 1.00 bits per heavy atom. The molecular formula is C61H42N8O10. The van der Waals surface area contributed by atoms with Crippen LogP contribution in [0.25, 0.3) is 102 Å². The summed E-state index contributed by atoms with van der Waals surface area (Å²) in [5.74, 6) is -0.507. The molecule has 0 radical (unpaired) electrons. The summed E-state index contributed by atoms with van der Waals surface area (Å²) >= 11 is 0. The highest BCUT2D eigenvalue weighted by Crippen LogP contribution is 2.39. The van der Waals surface area contributed by atoms with Gasteiger partial charge in [0.2, 0.25) is 23.6 Å². The fraction of sp³-hybridized carbons (Fsp3) is 0.148. The van der Waals surface area contributed by atoms with E-state index < -0.39 is 23.6 Å². The Morgan fingerprint density at radius 1 is 0.367 bits per heavy atom. The van der Waals surface area contributed by atoms with Crippen LogP contribution in [0.2, 0.25) is 0 Å². The van der Waals surface area contributed by atoms with E-state index in [2.05, 4.69) is 0 Å². The maximum Gasteiger partial charge on any atom is 0.261 e. The number of hydrogen-bond donors (Lipinski definition) is 0. The molecule has 79 heavy (non-hydrogen) atoms. The molecule has 12 aromatic rings. The highest BCUT2D eigenvalue weighted by molar-refractivity contribution is 6.33. The molecule has 0 atom stereocenters. The molecule has 0 bridgehead atoms. The number of pyridine rings is 2. The van der Waals surface area contributed by atoms with Crippen LogP contribution in [0.1, 0.15) is 70.1 Å². The smallest absolute Gasteiger partial charge is 0.261 e. The normalized spacial score (nSPS) is 13.4. The zero-order chi connectivity index (χ0) is 53.8. The standard InChI is InChI=1S/C61H42N8O10/c1-30-6-14-48-40(22-30)64-54(76-48)44-26-34(27-45(62-44)55-65-41-23-31(2)7-15-49(41)77-55)74-20-5-18-68-58(70)36-10-12-38-53-39(13-11-37(52(36)53)59(68)71)61(73)69(60(38)72)19-21-75-35-28-46(56-66-42-24-32(3)8-16-50(42)78-56)63-47(29-35)57-67-43-25-33(4)9-17-51(43)79-57/h6-17,22-29H,5,18-21H2,1-4H3. The molecule has 4 amide bonds. The first-order valence-electron chi connectivity index (χ1n) is 25.5. The predicted molar refractivity (Wildman–Crippen MR) is 290 cm³/mol. The molecule has 18 nitrogen and oxygen atoms in total. The third-order valence-corrected chi connectivity index (χ3v) is 14.1. The fourth-order valence-electron chi connectivity index (χ4n) is 10.3. The van der Waals surface area contributed by atoms with Gasteiger partial charge in [0.1, 0.15) is 62.9 Å². The summed E-state index contributed by atoms with van der Waals surface area (Å²) in [6.45, 7) is 7.75. The molecular weight excluding hydrogens is 1000 g/mol. The van der Waals surface area contributed by atoms with Gasteiger partial charge in [0, 0.05) is 63.8 Å². The van der Waals surface area contributed by atoms with Crippen molar-refractivity contribution in [1.82, 2.24) is 39.7 Å². The molecule has 0 aliphatic carbocycles. The van der Waals surface area contributed by atoms with E-state index in [0.29, 0.717) is 78.7 Å². The van der Waals surface area contributed by atoms with Gasteiger partial charge in [-0.1, -0.05) is 24.3 Å². The van der Waals surface area contributed by atoms with E-state index in [4.69, 9.17) is 57.0 Å². The summed E-state index contributed by atoms with van der Waals surface area (Å²) in [6.07, 6.45) is 0.257. The Hall–Kier alpha value is -10.4. The number of oxazole rings is 4. The number of aryl methyl sites for hydroxylation is 4. The molecule has 0 saturated carbocycles. The molecule has 18 heteroatoms. The van der Waals surface area contributed by atoms with Crippen LogP contribution in [-0.2, 0) is 0 Å². The minimum absolute atomic E-state index is 0.0108. The Bertz CT molecular complexity index is 4340. The number of aromatic nitrogens is 6. The minimum atomic E-state index is -0.594. The molecule has 0 fully saturated rings. The van der Waals surface area contributed by atoms with Crippen LogP contribution in [-0.4, -0.2) is 89.6 Å². The lowest BCUT2D eigenvalue weighted by Crippen LogP contribution is -2.44. The number of carbonyl (C=O) groups is 4. The number of hydrogen-bond acceptors (Lipinski definition) is 16. The van der Waals surface area contributed by atoms with Gasteiger partial charge >= 0.3 is 0 Å². The Labute approximate surface area is 447 Å². The minimum Gasteiger partial charge on any atom is -0.493 e. The first-order valence-corrected chi connectivity index (χ1v) is 25.5. The van der Waals surface area contributed by atoms with Crippen molar-refractivity contribution in [2.45, 2.75) is 34.1 Å². The van der Waals surface area contributed by atoms with Gasteiger partial charge in [-0.2, -0.15) is 0 Å². The molecule has 8 heterocycles. The van der Waals surface area contributed by atoms with Crippen molar-refractivity contribution in [1.29, 1.82) is 0 Å². The predicted octanol–water partition coefficient (Wildman–Crippen LogP) is 11.8. The Kier molecular flexibility index (Phi) is 10.8. The lowest BCUT2D eigenvalue weighted by Gasteiger charge is -2.32. The second-order valence-corrected chi connectivity index (χ2v) is 19.8. The largest absolute Gasteiger partial charge is 0.493 e. The zero-order valence-corrected chi connectivity index (χ0v) is 42.7. The van der Waals surface area contributed by atoms with Gasteiger partial charge in [0.15, 0.2) is 22.3 Å². The van der Waals surface area contributed by atoms with Crippen molar-refractivity contribution < 1.29 is 46.3 Å². The SMILES string of the molecule is Cc1ccc2oc(-c3cc(OCCCN4C(=O)c5ccc6c7c(ccc(c57)C4=O)C(=O)N(CCOc4cc(-c5nc7cc(C)ccc7o5)nc(-c5nc7cc(C)ccc7o5)c4)C6=O)cc(-c4nc5cc(C)ccc5o4)n3)nc2c1. The van der Waals surface area contributed by atoms with Gasteiger partial charge in [0.05, 0.1) is 13.2 Å². The lowest BCUT2D eigenvalue weighted by molar-refractivity contribution is 0.0572. The third kappa shape index (κ3) is 8.19. The average molecular weight is 1050 g/mol. The van der Waals surface area contributed by atoms with Gasteiger partial charge in [-0.25, -0.2) is 29.9 Å². The van der Waals surface area contributed by atoms with Crippen molar-refractivity contribution in [2.75, 3.05) is 26.3 Å². The van der Waals surface area contributed by atoms with E-state index >= 15 is 0 Å². The number of fused-ring (bicyclic) bond motifs is 4. The number of carbonyl (C=O) groups excluding carboxylic acids is 4. The quantitative estimate of drug-likeness (QED) is 0.0773. The first-order chi connectivity index (χ1) is 38.3. The highest BCUT2D eigenvalue weighted by Gasteiger charge is 2.39. The van der Waals surface area contributed by atoms with E-state index in [-0.39, 0.29) is 89.3 Å². The summed E-state index contributed by atoms with van der Waals surface area (Å²) in [5, 5.41) is 0.515. The number of imide groups is 2. The number of ether oxygens (including phenoxy) is 2. The van der Waals surface area contributed by atoms with Crippen molar-refractivity contribution in [2.24, 2.45) is 0 Å². The summed E-state index contributed by atoms with van der Waals surface area (Å²) in [6, 6.07) is 35.7. The summed E-state index contributed by atoms with van der Waals surface area (Å²) < 4.78 is 37.0. The molecule has 0 N–H and O–H groups in total. The van der Waals surface area contributed by atoms with Crippen LogP contribution in [0.3, 0.4) is 0 Å². The molecule has 6 aromatic carbocycles. The zero-order valence-electron chi connectivity index (χ0n) is 42.7. The number of rotatable bonds is 13. The van der Waals surface area contributed by atoms with Crippen LogP contribution in [0.5, 0.6) is 11.5 Å². The molecule has 0 saturated heterocycles. The first kappa shape index (κ1) is 47.1. The van der Waals surface area contributed by atoms with Crippen molar-refractivity contribution in [3.8, 4) is 57.8 Å². The monoisotopic (exact) mass is 1050 g/mol. The average Bonchev–Trinajstić information content (AvgIpc) is 4.34. The molecule has 0 spiro atoms. The second kappa shape index (κ2) is 18.2. The molecule has 14 rings (SSSR count). The lowest BCUT2D eigenvalue weighted by atomic mass is 9.86. The van der Waals surface area contributed by atoms with Gasteiger partial charge in [-0.05, 0) is 129 Å². The molecule has 0 unspecified atom stereocenters. The maximum atomic E-state index is 14.3. The van der Waals surface area contributed by atoms with E-state index in [9.17, 15) is 19.2 Å². The molecule has 6 aromatic heterocycles. The van der Waals surface area contributed by atoms with Crippen LogP contribution in [0.15, 0.2) is 139 Å². The molecule has 386 valence electrons. The summed E-state index contributed by atoms with van der Waals surface area (Å²) in [4.78, 5) is 87.8. The number of nitrogens with zero attached hydrogens (tertiary/aromatic N) is 8. The van der Waals surface area contributed by atoms with Crippen molar-refractivity contribution in [3.05, 3.63) is 166 Å². The van der Waals surface area contributed by atoms with E-state index in [1.165, 1.54) is 24.3 Å². The van der Waals surface area contributed by atoms with Crippen LogP contribution < -0.4 is 9.47 Å². The van der Waals surface area contributed by atoms with E-state index in [1.54, 1.807) is 24.3 Å². The third-order valence-electron chi connectivity index (χ3n) is 14.1. The fourth-order valence-corrected chi connectivity index (χ4v) is 10.3. The Morgan fingerprint density at radius 2 is 0.671 bits per heavy atom. The summed E-state index contributed by atoms with van der Waals surface area (Å²) in [5.41, 5.74) is 11.4. The van der Waals surface area contributed by atoms with Gasteiger partial charge in [-0.15, -0.1) is 0 Å². The number of benzene rings is 6. The topological polar surface area (TPSA) is 223 Å². The number of amides is 4. The van der Waals surface area contributed by atoms with Crippen LogP contribution >= 0.6 is 0 Å². The molecule has 2 aliphatic rings. The van der Waals surface area contributed by atoms with Gasteiger partial charge in [0.25, 0.3) is 23.6 Å². The van der Waals surface area contributed by atoms with E-state index in [1.807, 2.05) is 100 Å². The molecule has 2 aliphatic heterocycles. The Balaban J connectivity index is 0.687. The van der Waals surface area contributed by atoms with Crippen LogP contribution in [0, 0.1) is 27.7 Å². The summed E-state index contributed by atoms with van der Waals surface area (Å²) in [7, 11) is 0.